The summed E-state index contributed by atoms with van der Waals surface area (Å²) in [6.07, 6.45) is 0. The number of aromatic nitrogens is 1. The van der Waals surface area contributed by atoms with Crippen LogP contribution < -0.4 is 5.32 Å². The van der Waals surface area contributed by atoms with Gasteiger partial charge < -0.3 is 5.32 Å². The van der Waals surface area contributed by atoms with Gasteiger partial charge >= 0.3 is 0 Å². The number of nitrogens with one attached hydrogen (secondary N) is 1. The van der Waals surface area contributed by atoms with Crippen molar-refractivity contribution in [2.24, 2.45) is 0 Å². The summed E-state index contributed by atoms with van der Waals surface area (Å²) in [6.45, 7) is 1.82. The summed E-state index contributed by atoms with van der Waals surface area (Å²) in [5.41, 5.74) is 0.872. The lowest BCUT2D eigenvalue weighted by Gasteiger charge is -1.98. The fourth-order valence-electron chi connectivity index (χ4n) is 0.753. The van der Waals surface area contributed by atoms with E-state index in [1.165, 1.54) is 6.07 Å². The van der Waals surface area contributed by atoms with Crippen molar-refractivity contribution in [2.45, 2.75) is 6.92 Å². The smallest absolute Gasteiger partial charge is 0.215 e. The minimum absolute atomic E-state index is 0.440. The van der Waals surface area contributed by atoms with Crippen LogP contribution in [-0.2, 0) is 0 Å². The van der Waals surface area contributed by atoms with Gasteiger partial charge in [0.15, 0.2) is 0 Å². The molecule has 0 atom stereocenters. The molecular weight excluding hydrogens is 131 g/mol. The fourth-order valence-corrected chi connectivity index (χ4v) is 0.753. The van der Waals surface area contributed by atoms with Gasteiger partial charge in [-0.1, -0.05) is 0 Å². The summed E-state index contributed by atoms with van der Waals surface area (Å²) in [4.78, 5) is 3.57. The molecule has 0 radical (unpaired) electrons. The lowest BCUT2D eigenvalue weighted by molar-refractivity contribution is 0.584. The molecule has 0 aromatic carbocycles. The Kier molecular flexibility index (Phi) is 1.85. The zero-order valence-corrected chi connectivity index (χ0v) is 5.98. The molecule has 0 saturated carbocycles. The SMILES string of the molecule is CNc1cc(C)cc(F)n1. The van der Waals surface area contributed by atoms with E-state index in [4.69, 9.17) is 0 Å². The minimum Gasteiger partial charge on any atom is -0.373 e. The highest BCUT2D eigenvalue weighted by molar-refractivity contribution is 5.36. The van der Waals surface area contributed by atoms with E-state index in [0.29, 0.717) is 5.82 Å². The molecule has 10 heavy (non-hydrogen) atoms. The molecule has 0 bridgehead atoms. The fraction of sp³-hybridized carbons (Fsp3) is 0.286. The van der Waals surface area contributed by atoms with Gasteiger partial charge in [-0.2, -0.15) is 4.39 Å². The van der Waals surface area contributed by atoms with E-state index in [-0.39, 0.29) is 0 Å². The third kappa shape index (κ3) is 1.43. The highest BCUT2D eigenvalue weighted by Crippen LogP contribution is 2.06. The summed E-state index contributed by atoms with van der Waals surface area (Å²) in [5.74, 6) is 0.127. The van der Waals surface area contributed by atoms with Crippen molar-refractivity contribution in [3.8, 4) is 0 Å². The molecular formula is C7H9FN2. The van der Waals surface area contributed by atoms with Gasteiger partial charge in [0.25, 0.3) is 0 Å². The van der Waals surface area contributed by atoms with Crippen LogP contribution in [0.3, 0.4) is 0 Å². The van der Waals surface area contributed by atoms with Crippen molar-refractivity contribution in [1.82, 2.24) is 4.98 Å². The number of nitrogens with zero attached hydrogens (tertiary/aromatic N) is 1. The number of aryl methyl sites for hydroxylation is 1. The van der Waals surface area contributed by atoms with Gasteiger partial charge in [-0.25, -0.2) is 4.98 Å². The first-order valence-corrected chi connectivity index (χ1v) is 3.04. The van der Waals surface area contributed by atoms with E-state index in [9.17, 15) is 4.39 Å². The van der Waals surface area contributed by atoms with E-state index >= 15 is 0 Å². The molecule has 1 aromatic rings. The molecule has 0 amide bonds. The van der Waals surface area contributed by atoms with Crippen LogP contribution in [-0.4, -0.2) is 12.0 Å². The Labute approximate surface area is 59.1 Å². The maximum Gasteiger partial charge on any atom is 0.215 e. The summed E-state index contributed by atoms with van der Waals surface area (Å²) in [7, 11) is 1.71. The van der Waals surface area contributed by atoms with Crippen molar-refractivity contribution >= 4 is 5.82 Å². The second kappa shape index (κ2) is 2.64. The monoisotopic (exact) mass is 140 g/mol. The van der Waals surface area contributed by atoms with Crippen LogP contribution >= 0.6 is 0 Å². The number of rotatable bonds is 1. The van der Waals surface area contributed by atoms with Crippen molar-refractivity contribution < 1.29 is 4.39 Å². The summed E-state index contributed by atoms with van der Waals surface area (Å²) in [5, 5.41) is 2.76. The third-order valence-corrected chi connectivity index (χ3v) is 1.19. The summed E-state index contributed by atoms with van der Waals surface area (Å²) < 4.78 is 12.5. The van der Waals surface area contributed by atoms with Gasteiger partial charge in [0.1, 0.15) is 5.82 Å². The van der Waals surface area contributed by atoms with Crippen molar-refractivity contribution in [2.75, 3.05) is 12.4 Å². The van der Waals surface area contributed by atoms with Gasteiger partial charge in [0.05, 0.1) is 0 Å². The molecule has 0 spiro atoms. The molecule has 1 rings (SSSR count). The molecule has 0 unspecified atom stereocenters. The highest BCUT2D eigenvalue weighted by atomic mass is 19.1. The van der Waals surface area contributed by atoms with Crippen molar-refractivity contribution in [3.05, 3.63) is 23.6 Å². The van der Waals surface area contributed by atoms with Gasteiger partial charge in [0, 0.05) is 7.05 Å². The molecule has 54 valence electrons. The Morgan fingerprint density at radius 1 is 1.50 bits per heavy atom. The normalized spacial score (nSPS) is 9.50. The maximum atomic E-state index is 12.5. The second-order valence-electron chi connectivity index (χ2n) is 2.10. The minimum atomic E-state index is -0.440. The summed E-state index contributed by atoms with van der Waals surface area (Å²) >= 11 is 0. The van der Waals surface area contributed by atoms with E-state index in [0.717, 1.165) is 5.56 Å². The molecule has 1 heterocycles. The van der Waals surface area contributed by atoms with Gasteiger partial charge in [-0.05, 0) is 24.6 Å². The van der Waals surface area contributed by atoms with Crippen LogP contribution in [0.1, 0.15) is 5.56 Å². The number of pyridine rings is 1. The third-order valence-electron chi connectivity index (χ3n) is 1.19. The Hall–Kier alpha value is -1.12. The van der Waals surface area contributed by atoms with Crippen LogP contribution in [0.25, 0.3) is 0 Å². The van der Waals surface area contributed by atoms with Crippen LogP contribution in [0, 0.1) is 12.9 Å². The highest BCUT2D eigenvalue weighted by Gasteiger charge is 1.95. The van der Waals surface area contributed by atoms with Gasteiger partial charge in [0.2, 0.25) is 5.95 Å². The van der Waals surface area contributed by atoms with Crippen molar-refractivity contribution in [3.63, 3.8) is 0 Å². The predicted molar refractivity (Wildman–Crippen MR) is 38.5 cm³/mol. The molecule has 0 aliphatic carbocycles. The van der Waals surface area contributed by atoms with Crippen LogP contribution in [0.4, 0.5) is 10.2 Å². The Morgan fingerprint density at radius 3 is 2.70 bits per heavy atom. The quantitative estimate of drug-likeness (QED) is 0.599. The van der Waals surface area contributed by atoms with Crippen LogP contribution in [0.2, 0.25) is 0 Å². The Bertz CT molecular complexity index is 215. The first-order chi connectivity index (χ1) is 4.72. The first kappa shape index (κ1) is 6.99. The molecule has 1 aromatic heterocycles. The largest absolute Gasteiger partial charge is 0.373 e. The summed E-state index contributed by atoms with van der Waals surface area (Å²) in [6, 6.07) is 3.17. The van der Waals surface area contributed by atoms with E-state index < -0.39 is 5.95 Å². The maximum absolute atomic E-state index is 12.5. The van der Waals surface area contributed by atoms with Gasteiger partial charge in [-0.3, -0.25) is 0 Å². The molecule has 3 heteroatoms. The molecule has 0 aliphatic heterocycles. The topological polar surface area (TPSA) is 24.9 Å². The zero-order valence-electron chi connectivity index (χ0n) is 5.98. The Morgan fingerprint density at radius 2 is 2.20 bits per heavy atom. The van der Waals surface area contributed by atoms with Crippen molar-refractivity contribution in [1.29, 1.82) is 0 Å². The lowest BCUT2D eigenvalue weighted by atomic mass is 10.3. The van der Waals surface area contributed by atoms with E-state index in [1.807, 2.05) is 6.92 Å². The van der Waals surface area contributed by atoms with Gasteiger partial charge in [-0.15, -0.1) is 0 Å². The van der Waals surface area contributed by atoms with E-state index in [2.05, 4.69) is 10.3 Å². The van der Waals surface area contributed by atoms with Crippen LogP contribution in [0.5, 0.6) is 0 Å². The molecule has 1 N–H and O–H groups in total. The number of hydrogen-bond donors (Lipinski definition) is 1. The first-order valence-electron chi connectivity index (χ1n) is 3.04. The van der Waals surface area contributed by atoms with Crippen LogP contribution in [0.15, 0.2) is 12.1 Å². The molecule has 2 nitrogen and oxygen atoms in total. The number of halogens is 1. The second-order valence-corrected chi connectivity index (χ2v) is 2.10. The molecule has 0 saturated heterocycles. The number of anilines is 1. The Balaban J connectivity index is 3.06. The average Bonchev–Trinajstić information content (AvgIpc) is 1.85. The van der Waals surface area contributed by atoms with E-state index in [1.54, 1.807) is 13.1 Å². The standard InChI is InChI=1S/C7H9FN2/c1-5-3-6(8)10-7(4-5)9-2/h3-4H,1-2H3,(H,9,10). The molecule has 0 fully saturated rings. The predicted octanol–water partition coefficient (Wildman–Crippen LogP) is 1.57. The molecule has 0 aliphatic rings. The lowest BCUT2D eigenvalue weighted by Crippen LogP contribution is -1.94. The number of hydrogen-bond acceptors (Lipinski definition) is 2. The average molecular weight is 140 g/mol. The zero-order chi connectivity index (χ0) is 7.56.